The fourth-order valence-electron chi connectivity index (χ4n) is 1.18. The number of alkyl halides is 2. The van der Waals surface area contributed by atoms with Crippen LogP contribution in [0.1, 0.15) is 12.0 Å². The molecule has 1 rings (SSSR count). The highest BCUT2D eigenvalue weighted by molar-refractivity contribution is 6.73. The molecule has 1 aromatic rings. The van der Waals surface area contributed by atoms with E-state index in [0.29, 0.717) is 6.07 Å². The minimum Gasteiger partial charge on any atom is -0.496 e. The topological polar surface area (TPSA) is 9.23 Å². The standard InChI is InChI=1S/C8H6BF6O/c1-16-6-3-4(9(13,14)15)2-5(10)7(6)8(11)12/h2-3,8H,1H3/q-1. The Balaban J connectivity index is 3.38. The summed E-state index contributed by atoms with van der Waals surface area (Å²) in [5.41, 5.74) is -2.47. The highest BCUT2D eigenvalue weighted by Gasteiger charge is 2.29. The van der Waals surface area contributed by atoms with E-state index in [1.54, 1.807) is 0 Å². The molecule has 0 atom stereocenters. The Labute approximate surface area is 87.1 Å². The van der Waals surface area contributed by atoms with Crippen LogP contribution in [0.25, 0.3) is 0 Å². The lowest BCUT2D eigenvalue weighted by atomic mass is 9.79. The maximum absolute atomic E-state index is 13.0. The van der Waals surface area contributed by atoms with Crippen LogP contribution >= 0.6 is 0 Å². The summed E-state index contributed by atoms with van der Waals surface area (Å²) in [6.45, 7) is -5.45. The SMILES string of the molecule is COc1cc([B-](F)(F)F)cc(F)c1C(F)F. The van der Waals surface area contributed by atoms with Crippen LogP contribution in [0, 0.1) is 5.82 Å². The molecule has 0 amide bonds. The first kappa shape index (κ1) is 12.7. The second kappa shape index (κ2) is 4.27. The van der Waals surface area contributed by atoms with E-state index >= 15 is 0 Å². The van der Waals surface area contributed by atoms with Gasteiger partial charge in [0.05, 0.1) is 12.7 Å². The lowest BCUT2D eigenvalue weighted by molar-refractivity contribution is 0.142. The number of halogens is 6. The zero-order valence-corrected chi connectivity index (χ0v) is 7.99. The van der Waals surface area contributed by atoms with E-state index in [4.69, 9.17) is 0 Å². The molecule has 1 nitrogen and oxygen atoms in total. The van der Waals surface area contributed by atoms with Gasteiger partial charge in [-0.15, -0.1) is 5.46 Å². The molecular formula is C8H6BF6O-. The summed E-state index contributed by atoms with van der Waals surface area (Å²) in [6, 6.07) is 0.411. The summed E-state index contributed by atoms with van der Waals surface area (Å²) in [4.78, 5) is 0. The maximum Gasteiger partial charge on any atom is 0.509 e. The molecule has 0 radical (unpaired) electrons. The van der Waals surface area contributed by atoms with Crippen LogP contribution in [0.15, 0.2) is 12.1 Å². The van der Waals surface area contributed by atoms with Crippen molar-refractivity contribution in [3.63, 3.8) is 0 Å². The quantitative estimate of drug-likeness (QED) is 0.585. The van der Waals surface area contributed by atoms with Crippen molar-refractivity contribution in [3.05, 3.63) is 23.5 Å². The molecule has 1 aromatic carbocycles. The second-order valence-corrected chi connectivity index (χ2v) is 2.99. The van der Waals surface area contributed by atoms with Crippen LogP contribution in [0.4, 0.5) is 26.1 Å². The molecule has 0 spiro atoms. The molecule has 0 aliphatic carbocycles. The number of hydrogen-bond donors (Lipinski definition) is 0. The Hall–Kier alpha value is -1.34. The first-order chi connectivity index (χ1) is 7.27. The fourth-order valence-corrected chi connectivity index (χ4v) is 1.18. The van der Waals surface area contributed by atoms with Crippen molar-refractivity contribution in [1.82, 2.24) is 0 Å². The van der Waals surface area contributed by atoms with E-state index in [-0.39, 0.29) is 6.07 Å². The van der Waals surface area contributed by atoms with Gasteiger partial charge < -0.3 is 17.7 Å². The third-order valence-electron chi connectivity index (χ3n) is 1.93. The van der Waals surface area contributed by atoms with Crippen LogP contribution in [0.5, 0.6) is 5.75 Å². The molecule has 0 aromatic heterocycles. The Kier molecular flexibility index (Phi) is 3.40. The number of benzene rings is 1. The van der Waals surface area contributed by atoms with E-state index in [1.165, 1.54) is 0 Å². The zero-order valence-electron chi connectivity index (χ0n) is 7.99. The van der Waals surface area contributed by atoms with Gasteiger partial charge in [0.1, 0.15) is 11.6 Å². The molecule has 0 saturated heterocycles. The molecule has 0 bridgehead atoms. The number of ether oxygens (including phenoxy) is 1. The van der Waals surface area contributed by atoms with E-state index in [0.717, 1.165) is 7.11 Å². The van der Waals surface area contributed by atoms with Crippen molar-refractivity contribution in [2.45, 2.75) is 6.43 Å². The van der Waals surface area contributed by atoms with Gasteiger partial charge in [0.25, 0.3) is 6.43 Å². The average Bonchev–Trinajstić information content (AvgIpc) is 2.14. The van der Waals surface area contributed by atoms with Crippen LogP contribution in [0.2, 0.25) is 0 Å². The largest absolute Gasteiger partial charge is 0.509 e. The predicted octanol–water partition coefficient (Wildman–Crippen LogP) is 2.83. The van der Waals surface area contributed by atoms with Crippen molar-refractivity contribution in [2.24, 2.45) is 0 Å². The van der Waals surface area contributed by atoms with Gasteiger partial charge in [0, 0.05) is 0 Å². The fraction of sp³-hybridized carbons (Fsp3) is 0.250. The van der Waals surface area contributed by atoms with Crippen molar-refractivity contribution in [2.75, 3.05) is 7.11 Å². The van der Waals surface area contributed by atoms with Gasteiger partial charge in [-0.3, -0.25) is 0 Å². The van der Waals surface area contributed by atoms with Gasteiger partial charge in [0.15, 0.2) is 0 Å². The number of methoxy groups -OCH3 is 1. The molecule has 0 aliphatic heterocycles. The maximum atomic E-state index is 13.0. The van der Waals surface area contributed by atoms with E-state index in [1.807, 2.05) is 0 Å². The van der Waals surface area contributed by atoms with E-state index in [2.05, 4.69) is 4.74 Å². The summed E-state index contributed by atoms with van der Waals surface area (Å²) in [5.74, 6) is -2.42. The Bertz CT molecular complexity index is 389. The molecule has 0 fully saturated rings. The van der Waals surface area contributed by atoms with Crippen LogP contribution in [0.3, 0.4) is 0 Å². The highest BCUT2D eigenvalue weighted by atomic mass is 19.4. The summed E-state index contributed by atoms with van der Waals surface area (Å²) < 4.78 is 78.8. The predicted molar refractivity (Wildman–Crippen MR) is 46.6 cm³/mol. The van der Waals surface area contributed by atoms with Crippen LogP contribution in [-0.4, -0.2) is 14.1 Å². The van der Waals surface area contributed by atoms with Crippen molar-refractivity contribution in [1.29, 1.82) is 0 Å². The Morgan fingerprint density at radius 2 is 1.75 bits per heavy atom. The van der Waals surface area contributed by atoms with Crippen LogP contribution < -0.4 is 10.2 Å². The molecule has 0 N–H and O–H groups in total. The first-order valence-corrected chi connectivity index (χ1v) is 4.12. The smallest absolute Gasteiger partial charge is 0.496 e. The summed E-state index contributed by atoms with van der Waals surface area (Å²) >= 11 is 0. The van der Waals surface area contributed by atoms with Crippen molar-refractivity contribution >= 4 is 12.4 Å². The van der Waals surface area contributed by atoms with Crippen molar-refractivity contribution < 1.29 is 30.9 Å². The van der Waals surface area contributed by atoms with Crippen LogP contribution in [-0.2, 0) is 0 Å². The Morgan fingerprint density at radius 3 is 2.12 bits per heavy atom. The van der Waals surface area contributed by atoms with Gasteiger partial charge in [0.2, 0.25) is 0 Å². The minimum atomic E-state index is -5.45. The lowest BCUT2D eigenvalue weighted by Gasteiger charge is -2.18. The first-order valence-electron chi connectivity index (χ1n) is 4.12. The minimum absolute atomic E-state index is 0.0456. The molecule has 90 valence electrons. The lowest BCUT2D eigenvalue weighted by Crippen LogP contribution is -2.34. The molecule has 0 heterocycles. The van der Waals surface area contributed by atoms with Gasteiger partial charge in [-0.05, 0) is 6.07 Å². The molecule has 0 unspecified atom stereocenters. The summed E-state index contributed by atoms with van der Waals surface area (Å²) in [5, 5.41) is 0. The number of hydrogen-bond acceptors (Lipinski definition) is 1. The molecule has 8 heteroatoms. The van der Waals surface area contributed by atoms with E-state index in [9.17, 15) is 26.1 Å². The third kappa shape index (κ3) is 2.42. The normalized spacial score (nSPS) is 12.0. The molecule has 0 aliphatic rings. The third-order valence-corrected chi connectivity index (χ3v) is 1.93. The van der Waals surface area contributed by atoms with Gasteiger partial charge in [-0.2, -0.15) is 0 Å². The second-order valence-electron chi connectivity index (χ2n) is 2.99. The average molecular weight is 243 g/mol. The van der Waals surface area contributed by atoms with Crippen molar-refractivity contribution in [3.8, 4) is 5.75 Å². The Morgan fingerprint density at radius 1 is 1.19 bits per heavy atom. The summed E-state index contributed by atoms with van der Waals surface area (Å²) in [6.07, 6.45) is -3.23. The summed E-state index contributed by atoms with van der Waals surface area (Å²) in [7, 11) is 0.897. The zero-order chi connectivity index (χ0) is 12.5. The molecule has 16 heavy (non-hydrogen) atoms. The van der Waals surface area contributed by atoms with Gasteiger partial charge in [-0.25, -0.2) is 13.2 Å². The molecule has 0 saturated carbocycles. The number of rotatable bonds is 3. The van der Waals surface area contributed by atoms with Gasteiger partial charge in [-0.1, -0.05) is 6.07 Å². The monoisotopic (exact) mass is 243 g/mol. The highest BCUT2D eigenvalue weighted by Crippen LogP contribution is 2.31. The van der Waals surface area contributed by atoms with Gasteiger partial charge >= 0.3 is 6.98 Å². The van der Waals surface area contributed by atoms with E-state index < -0.39 is 36.0 Å². The molecular weight excluding hydrogens is 237 g/mol.